The third kappa shape index (κ3) is 2.48. The van der Waals surface area contributed by atoms with E-state index in [1.807, 2.05) is 27.9 Å². The lowest BCUT2D eigenvalue weighted by atomic mass is 10.3. The van der Waals surface area contributed by atoms with Gasteiger partial charge >= 0.3 is 0 Å². The highest BCUT2D eigenvalue weighted by atomic mass is 16.5. The molecule has 18 heavy (non-hydrogen) atoms. The van der Waals surface area contributed by atoms with E-state index in [1.165, 1.54) is 0 Å². The molecule has 0 unspecified atom stereocenters. The molecule has 0 atom stereocenters. The van der Waals surface area contributed by atoms with E-state index in [9.17, 15) is 0 Å². The van der Waals surface area contributed by atoms with Crippen molar-refractivity contribution in [3.8, 4) is 11.6 Å². The standard InChI is InChI=1S/C12H17N5O/c1-8-12(9(2)17(4)16-8)18-11-7-14-6-10(15-11)5-13-3/h6-7,13H,5H2,1-4H3. The SMILES string of the molecule is CNCc1cncc(Oc2c(C)nn(C)c2C)n1. The maximum atomic E-state index is 5.76. The molecule has 0 radical (unpaired) electrons. The summed E-state index contributed by atoms with van der Waals surface area (Å²) < 4.78 is 7.55. The lowest BCUT2D eigenvalue weighted by Gasteiger charge is -2.06. The molecule has 96 valence electrons. The fourth-order valence-corrected chi connectivity index (χ4v) is 1.71. The van der Waals surface area contributed by atoms with Gasteiger partial charge in [-0.2, -0.15) is 5.10 Å². The van der Waals surface area contributed by atoms with Gasteiger partial charge in [-0.3, -0.25) is 9.67 Å². The van der Waals surface area contributed by atoms with Gasteiger partial charge < -0.3 is 10.1 Å². The third-order valence-corrected chi connectivity index (χ3v) is 2.67. The Bertz CT molecular complexity index is 549. The Labute approximate surface area is 106 Å². The second-order valence-corrected chi connectivity index (χ2v) is 4.10. The Morgan fingerprint density at radius 2 is 2.11 bits per heavy atom. The molecule has 2 rings (SSSR count). The number of rotatable bonds is 4. The van der Waals surface area contributed by atoms with Crippen LogP contribution < -0.4 is 10.1 Å². The first-order valence-electron chi connectivity index (χ1n) is 5.75. The molecule has 6 nitrogen and oxygen atoms in total. The summed E-state index contributed by atoms with van der Waals surface area (Å²) in [4.78, 5) is 8.48. The average Bonchev–Trinajstić information content (AvgIpc) is 2.57. The molecule has 0 spiro atoms. The first kappa shape index (κ1) is 12.5. The van der Waals surface area contributed by atoms with Crippen molar-refractivity contribution in [2.45, 2.75) is 20.4 Å². The van der Waals surface area contributed by atoms with E-state index in [-0.39, 0.29) is 0 Å². The summed E-state index contributed by atoms with van der Waals surface area (Å²) in [6.07, 6.45) is 3.32. The Morgan fingerprint density at radius 1 is 1.33 bits per heavy atom. The van der Waals surface area contributed by atoms with Crippen LogP contribution in [0, 0.1) is 13.8 Å². The minimum Gasteiger partial charge on any atom is -0.434 e. The van der Waals surface area contributed by atoms with E-state index in [4.69, 9.17) is 4.74 Å². The predicted octanol–water partition coefficient (Wildman–Crippen LogP) is 1.34. The zero-order chi connectivity index (χ0) is 13.1. The van der Waals surface area contributed by atoms with Crippen molar-refractivity contribution in [2.24, 2.45) is 7.05 Å². The minimum atomic E-state index is 0.488. The van der Waals surface area contributed by atoms with Crippen molar-refractivity contribution in [3.05, 3.63) is 29.5 Å². The van der Waals surface area contributed by atoms with Gasteiger partial charge in [0, 0.05) is 19.8 Å². The molecule has 0 saturated carbocycles. The van der Waals surface area contributed by atoms with Gasteiger partial charge in [0.1, 0.15) is 5.69 Å². The summed E-state index contributed by atoms with van der Waals surface area (Å²) in [5, 5.41) is 7.32. The quantitative estimate of drug-likeness (QED) is 0.883. The number of hydrogen-bond donors (Lipinski definition) is 1. The van der Waals surface area contributed by atoms with Crippen molar-refractivity contribution in [3.63, 3.8) is 0 Å². The molecule has 0 fully saturated rings. The van der Waals surface area contributed by atoms with Crippen LogP contribution in [0.4, 0.5) is 0 Å². The number of aromatic nitrogens is 4. The first-order valence-corrected chi connectivity index (χ1v) is 5.75. The van der Waals surface area contributed by atoms with Crippen LogP contribution in [0.25, 0.3) is 0 Å². The van der Waals surface area contributed by atoms with Gasteiger partial charge in [-0.1, -0.05) is 0 Å². The molecule has 0 aliphatic heterocycles. The summed E-state index contributed by atoms with van der Waals surface area (Å²) in [5.41, 5.74) is 2.65. The van der Waals surface area contributed by atoms with Gasteiger partial charge in [0.05, 0.1) is 17.6 Å². The van der Waals surface area contributed by atoms with Crippen molar-refractivity contribution in [1.29, 1.82) is 0 Å². The highest BCUT2D eigenvalue weighted by molar-refractivity contribution is 5.34. The molecule has 0 aliphatic carbocycles. The number of nitrogens with zero attached hydrogens (tertiary/aromatic N) is 4. The Hall–Kier alpha value is -1.95. The fourth-order valence-electron chi connectivity index (χ4n) is 1.71. The van der Waals surface area contributed by atoms with E-state index < -0.39 is 0 Å². The monoisotopic (exact) mass is 247 g/mol. The Balaban J connectivity index is 2.25. The normalized spacial score (nSPS) is 10.7. The highest BCUT2D eigenvalue weighted by Gasteiger charge is 2.12. The minimum absolute atomic E-state index is 0.488. The van der Waals surface area contributed by atoms with Crippen molar-refractivity contribution in [2.75, 3.05) is 7.05 Å². The van der Waals surface area contributed by atoms with E-state index >= 15 is 0 Å². The maximum Gasteiger partial charge on any atom is 0.238 e. The summed E-state index contributed by atoms with van der Waals surface area (Å²) >= 11 is 0. The molecule has 1 N–H and O–H groups in total. The molecular weight excluding hydrogens is 230 g/mol. The molecule has 6 heteroatoms. The summed E-state index contributed by atoms with van der Waals surface area (Å²) in [6, 6.07) is 0. The smallest absolute Gasteiger partial charge is 0.238 e. The van der Waals surface area contributed by atoms with E-state index in [1.54, 1.807) is 17.1 Å². The van der Waals surface area contributed by atoms with Crippen molar-refractivity contribution < 1.29 is 4.74 Å². The van der Waals surface area contributed by atoms with Crippen LogP contribution in [-0.2, 0) is 13.6 Å². The van der Waals surface area contributed by atoms with E-state index in [0.29, 0.717) is 12.4 Å². The molecular formula is C12H17N5O. The van der Waals surface area contributed by atoms with Crippen molar-refractivity contribution in [1.82, 2.24) is 25.1 Å². The third-order valence-electron chi connectivity index (χ3n) is 2.67. The maximum absolute atomic E-state index is 5.76. The Morgan fingerprint density at radius 3 is 2.72 bits per heavy atom. The van der Waals surface area contributed by atoms with E-state index in [2.05, 4.69) is 20.4 Å². The molecule has 2 aromatic heterocycles. The summed E-state index contributed by atoms with van der Waals surface area (Å²) in [5.74, 6) is 1.23. The Kier molecular flexibility index (Phi) is 3.57. The number of ether oxygens (including phenoxy) is 1. The van der Waals surface area contributed by atoms with Gasteiger partial charge in [0.15, 0.2) is 5.75 Å². The first-order chi connectivity index (χ1) is 8.61. The van der Waals surface area contributed by atoms with Crippen molar-refractivity contribution >= 4 is 0 Å². The second-order valence-electron chi connectivity index (χ2n) is 4.10. The molecule has 0 bridgehead atoms. The van der Waals surface area contributed by atoms with Crippen LogP contribution in [-0.4, -0.2) is 26.8 Å². The van der Waals surface area contributed by atoms with Gasteiger partial charge in [-0.15, -0.1) is 0 Å². The number of nitrogens with one attached hydrogen (secondary N) is 1. The molecule has 2 aromatic rings. The largest absolute Gasteiger partial charge is 0.434 e. The van der Waals surface area contributed by atoms with Gasteiger partial charge in [0.2, 0.25) is 5.88 Å². The summed E-state index contributed by atoms with van der Waals surface area (Å²) in [6.45, 7) is 4.53. The molecule has 0 amide bonds. The summed E-state index contributed by atoms with van der Waals surface area (Å²) in [7, 11) is 3.75. The number of aryl methyl sites for hydroxylation is 2. The van der Waals surface area contributed by atoms with Crippen LogP contribution >= 0.6 is 0 Å². The van der Waals surface area contributed by atoms with Crippen LogP contribution in [0.5, 0.6) is 11.6 Å². The topological polar surface area (TPSA) is 64.9 Å². The van der Waals surface area contributed by atoms with E-state index in [0.717, 1.165) is 22.8 Å². The highest BCUT2D eigenvalue weighted by Crippen LogP contribution is 2.26. The molecule has 0 aromatic carbocycles. The zero-order valence-corrected chi connectivity index (χ0v) is 11.1. The fraction of sp³-hybridized carbons (Fsp3) is 0.417. The lowest BCUT2D eigenvalue weighted by molar-refractivity contribution is 0.449. The average molecular weight is 247 g/mol. The van der Waals surface area contributed by atoms with Crippen LogP contribution in [0.15, 0.2) is 12.4 Å². The van der Waals surface area contributed by atoms with Crippen LogP contribution in [0.1, 0.15) is 17.1 Å². The van der Waals surface area contributed by atoms with Gasteiger partial charge in [0.25, 0.3) is 0 Å². The molecule has 0 saturated heterocycles. The molecule has 0 aliphatic rings. The number of hydrogen-bond acceptors (Lipinski definition) is 5. The van der Waals surface area contributed by atoms with Gasteiger partial charge in [-0.05, 0) is 20.9 Å². The van der Waals surface area contributed by atoms with Crippen LogP contribution in [0.3, 0.4) is 0 Å². The van der Waals surface area contributed by atoms with Crippen LogP contribution in [0.2, 0.25) is 0 Å². The zero-order valence-electron chi connectivity index (χ0n) is 11.1. The van der Waals surface area contributed by atoms with Gasteiger partial charge in [-0.25, -0.2) is 4.98 Å². The second kappa shape index (κ2) is 5.14. The predicted molar refractivity (Wildman–Crippen MR) is 67.6 cm³/mol. The lowest BCUT2D eigenvalue weighted by Crippen LogP contribution is -2.07. The molecule has 2 heterocycles.